The number of halogens is 1. The van der Waals surface area contributed by atoms with Crippen LogP contribution in [0.5, 0.6) is 0 Å². The van der Waals surface area contributed by atoms with E-state index in [0.717, 1.165) is 21.2 Å². The van der Waals surface area contributed by atoms with E-state index in [4.69, 9.17) is 0 Å². The predicted octanol–water partition coefficient (Wildman–Crippen LogP) is 4.48. The van der Waals surface area contributed by atoms with E-state index in [2.05, 4.69) is 20.7 Å². The lowest BCUT2D eigenvalue weighted by atomic mass is 10.1. The van der Waals surface area contributed by atoms with Gasteiger partial charge < -0.3 is 0 Å². The molecule has 2 aromatic carbocycles. The molecule has 0 amide bonds. The Bertz CT molecular complexity index is 778. The molecule has 2 rings (SSSR count). The smallest absolute Gasteiger partial charge is 0.262 e. The van der Waals surface area contributed by atoms with Crippen LogP contribution in [0.1, 0.15) is 22.3 Å². The van der Waals surface area contributed by atoms with Crippen molar-refractivity contribution in [3.63, 3.8) is 0 Å². The summed E-state index contributed by atoms with van der Waals surface area (Å²) in [4.78, 5) is 0.308. The Labute approximate surface area is 134 Å². The van der Waals surface area contributed by atoms with Crippen LogP contribution in [0.3, 0.4) is 0 Å². The molecule has 0 bridgehead atoms. The van der Waals surface area contributed by atoms with Crippen molar-refractivity contribution < 1.29 is 8.42 Å². The van der Waals surface area contributed by atoms with E-state index in [9.17, 15) is 8.42 Å². The minimum Gasteiger partial charge on any atom is -0.280 e. The van der Waals surface area contributed by atoms with Gasteiger partial charge in [-0.3, -0.25) is 4.72 Å². The van der Waals surface area contributed by atoms with E-state index in [1.807, 2.05) is 45.0 Å². The van der Waals surface area contributed by atoms with E-state index in [0.29, 0.717) is 16.1 Å². The van der Waals surface area contributed by atoms with Gasteiger partial charge in [0, 0.05) is 10.2 Å². The predicted molar refractivity (Wildman–Crippen MR) is 90.3 cm³/mol. The van der Waals surface area contributed by atoms with Crippen LogP contribution in [0.25, 0.3) is 0 Å². The average molecular weight is 368 g/mol. The molecular weight excluding hydrogens is 350 g/mol. The quantitative estimate of drug-likeness (QED) is 0.868. The first-order valence-corrected chi connectivity index (χ1v) is 8.84. The third kappa shape index (κ3) is 3.66. The third-order valence-corrected chi connectivity index (χ3v) is 5.60. The normalized spacial score (nSPS) is 11.5. The summed E-state index contributed by atoms with van der Waals surface area (Å²) in [5, 5.41) is 0. The molecule has 0 aliphatic carbocycles. The standard InChI is InChI=1S/C16H18BrNO2S/c1-10-5-11(2)7-14(6-10)18-21(19,20)16-9-12(3)15(17)8-13(16)4/h5-9,18H,1-4H3. The fraction of sp³-hybridized carbons (Fsp3) is 0.250. The number of benzene rings is 2. The molecule has 0 saturated carbocycles. The van der Waals surface area contributed by atoms with Crippen molar-refractivity contribution in [2.45, 2.75) is 32.6 Å². The van der Waals surface area contributed by atoms with Crippen LogP contribution in [0.2, 0.25) is 0 Å². The Kier molecular flexibility index (Phi) is 4.44. The number of nitrogens with one attached hydrogen (secondary N) is 1. The van der Waals surface area contributed by atoms with Gasteiger partial charge in [-0.15, -0.1) is 0 Å². The zero-order valence-electron chi connectivity index (χ0n) is 12.5. The lowest BCUT2D eigenvalue weighted by Crippen LogP contribution is -2.14. The minimum absolute atomic E-state index is 0.308. The maximum absolute atomic E-state index is 12.6. The summed E-state index contributed by atoms with van der Waals surface area (Å²) < 4.78 is 28.7. The third-order valence-electron chi connectivity index (χ3n) is 3.22. The summed E-state index contributed by atoms with van der Waals surface area (Å²) in [5.41, 5.74) is 4.24. The number of sulfonamides is 1. The largest absolute Gasteiger partial charge is 0.280 e. The van der Waals surface area contributed by atoms with Crippen molar-refractivity contribution in [3.05, 3.63) is 57.1 Å². The molecule has 0 atom stereocenters. The summed E-state index contributed by atoms with van der Waals surface area (Å²) in [6.07, 6.45) is 0. The molecule has 0 fully saturated rings. The van der Waals surface area contributed by atoms with Gasteiger partial charge in [-0.25, -0.2) is 8.42 Å². The molecule has 0 radical (unpaired) electrons. The molecule has 0 heterocycles. The molecule has 0 spiro atoms. The highest BCUT2D eigenvalue weighted by Crippen LogP contribution is 2.26. The first kappa shape index (κ1) is 16.0. The fourth-order valence-corrected chi connectivity index (χ4v) is 4.10. The summed E-state index contributed by atoms with van der Waals surface area (Å²) in [7, 11) is -3.59. The maximum atomic E-state index is 12.6. The van der Waals surface area contributed by atoms with Crippen LogP contribution in [-0.4, -0.2) is 8.42 Å². The molecule has 21 heavy (non-hydrogen) atoms. The number of aryl methyl sites for hydroxylation is 4. The molecule has 0 unspecified atom stereocenters. The molecule has 0 saturated heterocycles. The zero-order chi connectivity index (χ0) is 15.8. The Hall–Kier alpha value is -1.33. The fourth-order valence-electron chi connectivity index (χ4n) is 2.29. The van der Waals surface area contributed by atoms with Gasteiger partial charge in [-0.2, -0.15) is 0 Å². The van der Waals surface area contributed by atoms with Crippen LogP contribution >= 0.6 is 15.9 Å². The van der Waals surface area contributed by atoms with Gasteiger partial charge in [-0.05, 0) is 74.2 Å². The van der Waals surface area contributed by atoms with Gasteiger partial charge in [0.05, 0.1) is 4.90 Å². The molecule has 0 aliphatic heterocycles. The van der Waals surface area contributed by atoms with E-state index >= 15 is 0 Å². The first-order chi connectivity index (χ1) is 9.69. The molecule has 2 aromatic rings. The maximum Gasteiger partial charge on any atom is 0.262 e. The van der Waals surface area contributed by atoms with E-state index in [1.165, 1.54) is 0 Å². The van der Waals surface area contributed by atoms with Crippen molar-refractivity contribution in [2.75, 3.05) is 4.72 Å². The summed E-state index contributed by atoms with van der Waals surface area (Å²) in [6.45, 7) is 7.55. The van der Waals surface area contributed by atoms with E-state index in [1.54, 1.807) is 13.0 Å². The highest BCUT2D eigenvalue weighted by molar-refractivity contribution is 9.10. The molecule has 5 heteroatoms. The summed E-state index contributed by atoms with van der Waals surface area (Å²) >= 11 is 3.42. The summed E-state index contributed by atoms with van der Waals surface area (Å²) in [5.74, 6) is 0. The Morgan fingerprint density at radius 2 is 1.43 bits per heavy atom. The van der Waals surface area contributed by atoms with E-state index in [-0.39, 0.29) is 0 Å². The lowest BCUT2D eigenvalue weighted by Gasteiger charge is -2.13. The van der Waals surface area contributed by atoms with Gasteiger partial charge in [0.25, 0.3) is 10.0 Å². The molecule has 3 nitrogen and oxygen atoms in total. The number of anilines is 1. The second-order valence-electron chi connectivity index (χ2n) is 5.35. The second-order valence-corrected chi connectivity index (χ2v) is 7.85. The van der Waals surface area contributed by atoms with Crippen molar-refractivity contribution in [3.8, 4) is 0 Å². The van der Waals surface area contributed by atoms with Gasteiger partial charge in [-0.1, -0.05) is 22.0 Å². The van der Waals surface area contributed by atoms with Gasteiger partial charge in [0.2, 0.25) is 0 Å². The second kappa shape index (κ2) is 5.81. The highest BCUT2D eigenvalue weighted by Gasteiger charge is 2.18. The molecule has 1 N–H and O–H groups in total. The van der Waals surface area contributed by atoms with Gasteiger partial charge >= 0.3 is 0 Å². The molecule has 0 aromatic heterocycles. The lowest BCUT2D eigenvalue weighted by molar-refractivity contribution is 0.600. The van der Waals surface area contributed by atoms with Crippen LogP contribution in [0.4, 0.5) is 5.69 Å². The average Bonchev–Trinajstić information content (AvgIpc) is 2.31. The first-order valence-electron chi connectivity index (χ1n) is 6.57. The van der Waals surface area contributed by atoms with Crippen LogP contribution in [-0.2, 0) is 10.0 Å². The molecule has 112 valence electrons. The van der Waals surface area contributed by atoms with Gasteiger partial charge in [0.1, 0.15) is 0 Å². The van der Waals surface area contributed by atoms with Crippen molar-refractivity contribution in [1.29, 1.82) is 0 Å². The topological polar surface area (TPSA) is 46.2 Å². The SMILES string of the molecule is Cc1cc(C)cc(NS(=O)(=O)c2cc(C)c(Br)cc2C)c1. The van der Waals surface area contributed by atoms with Crippen molar-refractivity contribution in [1.82, 2.24) is 0 Å². The molecular formula is C16H18BrNO2S. The van der Waals surface area contributed by atoms with Crippen LogP contribution in [0.15, 0.2) is 39.7 Å². The Balaban J connectivity index is 2.45. The minimum atomic E-state index is -3.59. The van der Waals surface area contributed by atoms with Crippen LogP contribution < -0.4 is 4.72 Å². The number of hydrogen-bond acceptors (Lipinski definition) is 2. The zero-order valence-corrected chi connectivity index (χ0v) is 14.9. The Morgan fingerprint density at radius 1 is 0.857 bits per heavy atom. The van der Waals surface area contributed by atoms with E-state index < -0.39 is 10.0 Å². The Morgan fingerprint density at radius 3 is 2.00 bits per heavy atom. The monoisotopic (exact) mass is 367 g/mol. The highest BCUT2D eigenvalue weighted by atomic mass is 79.9. The van der Waals surface area contributed by atoms with Crippen molar-refractivity contribution in [2.24, 2.45) is 0 Å². The summed E-state index contributed by atoms with van der Waals surface area (Å²) in [6, 6.07) is 9.17. The van der Waals surface area contributed by atoms with Gasteiger partial charge in [0.15, 0.2) is 0 Å². The molecule has 0 aliphatic rings. The van der Waals surface area contributed by atoms with Crippen molar-refractivity contribution >= 4 is 31.6 Å². The number of rotatable bonds is 3. The number of hydrogen-bond donors (Lipinski definition) is 1. The van der Waals surface area contributed by atoms with Crippen LogP contribution in [0, 0.1) is 27.7 Å².